The maximum absolute atomic E-state index is 12.1. The molecule has 0 saturated heterocycles. The Morgan fingerprint density at radius 3 is 2.53 bits per heavy atom. The Bertz CT molecular complexity index is 486. The van der Waals surface area contributed by atoms with Crippen LogP contribution in [0.5, 0.6) is 5.75 Å². The third-order valence-electron chi connectivity index (χ3n) is 2.81. The third kappa shape index (κ3) is 4.12. The molecule has 0 radical (unpaired) electrons. The highest BCUT2D eigenvalue weighted by atomic mass is 79.9. The zero-order valence-electron chi connectivity index (χ0n) is 9.76. The van der Waals surface area contributed by atoms with E-state index in [-0.39, 0.29) is 11.6 Å². The molecule has 1 fully saturated rings. The molecule has 2 rings (SSSR count). The SMILES string of the molecule is O=C(NC1CCC1)c1cc(Br)cc(OC(F)(F)F)c1. The molecule has 1 saturated carbocycles. The molecule has 1 aromatic carbocycles. The molecule has 0 bridgehead atoms. The lowest BCUT2D eigenvalue weighted by Gasteiger charge is -2.26. The lowest BCUT2D eigenvalue weighted by atomic mass is 9.93. The van der Waals surface area contributed by atoms with Crippen LogP contribution in [0.4, 0.5) is 13.2 Å². The van der Waals surface area contributed by atoms with E-state index in [0.717, 1.165) is 31.4 Å². The predicted molar refractivity (Wildman–Crippen MR) is 65.9 cm³/mol. The summed E-state index contributed by atoms with van der Waals surface area (Å²) in [5.41, 5.74) is 0.139. The Hall–Kier alpha value is -1.24. The molecule has 104 valence electrons. The van der Waals surface area contributed by atoms with Gasteiger partial charge < -0.3 is 10.1 Å². The summed E-state index contributed by atoms with van der Waals surface area (Å²) in [6.07, 6.45) is -1.90. The molecule has 1 amide bonds. The van der Waals surface area contributed by atoms with Gasteiger partial charge in [-0.1, -0.05) is 15.9 Å². The number of hydrogen-bond acceptors (Lipinski definition) is 2. The van der Waals surface area contributed by atoms with Crippen LogP contribution in [-0.4, -0.2) is 18.3 Å². The van der Waals surface area contributed by atoms with Gasteiger partial charge in [-0.3, -0.25) is 4.79 Å². The number of halogens is 4. The van der Waals surface area contributed by atoms with Crippen LogP contribution in [0, 0.1) is 0 Å². The minimum atomic E-state index is -4.78. The van der Waals surface area contributed by atoms with Gasteiger partial charge in [0.15, 0.2) is 0 Å². The van der Waals surface area contributed by atoms with Gasteiger partial charge in [0.2, 0.25) is 0 Å². The van der Waals surface area contributed by atoms with E-state index in [4.69, 9.17) is 0 Å². The lowest BCUT2D eigenvalue weighted by molar-refractivity contribution is -0.274. The van der Waals surface area contributed by atoms with Gasteiger partial charge in [-0.25, -0.2) is 0 Å². The summed E-state index contributed by atoms with van der Waals surface area (Å²) in [6.45, 7) is 0. The number of rotatable bonds is 3. The first-order valence-electron chi connectivity index (χ1n) is 5.71. The summed E-state index contributed by atoms with van der Waals surface area (Å²) < 4.78 is 40.6. The van der Waals surface area contributed by atoms with E-state index in [1.165, 1.54) is 6.07 Å². The average Bonchev–Trinajstić information content (AvgIpc) is 2.19. The van der Waals surface area contributed by atoms with Crippen molar-refractivity contribution in [3.05, 3.63) is 28.2 Å². The molecular formula is C12H11BrF3NO2. The first kappa shape index (κ1) is 14.2. The van der Waals surface area contributed by atoms with Crippen LogP contribution in [0.15, 0.2) is 22.7 Å². The van der Waals surface area contributed by atoms with Gasteiger partial charge in [-0.2, -0.15) is 0 Å². The fraction of sp³-hybridized carbons (Fsp3) is 0.417. The monoisotopic (exact) mass is 337 g/mol. The van der Waals surface area contributed by atoms with Gasteiger partial charge in [0.1, 0.15) is 5.75 Å². The first-order valence-corrected chi connectivity index (χ1v) is 6.50. The second kappa shape index (κ2) is 5.40. The van der Waals surface area contributed by atoms with Crippen LogP contribution < -0.4 is 10.1 Å². The van der Waals surface area contributed by atoms with E-state index in [2.05, 4.69) is 26.0 Å². The molecule has 7 heteroatoms. The first-order chi connectivity index (χ1) is 8.83. The van der Waals surface area contributed by atoms with E-state index in [1.807, 2.05) is 0 Å². The number of benzene rings is 1. The largest absolute Gasteiger partial charge is 0.573 e. The number of amides is 1. The van der Waals surface area contributed by atoms with Crippen LogP contribution >= 0.6 is 15.9 Å². The van der Waals surface area contributed by atoms with Crippen molar-refractivity contribution in [2.75, 3.05) is 0 Å². The van der Waals surface area contributed by atoms with Gasteiger partial charge in [0.25, 0.3) is 5.91 Å². The molecular weight excluding hydrogens is 327 g/mol. The van der Waals surface area contributed by atoms with Crippen LogP contribution in [0.2, 0.25) is 0 Å². The molecule has 1 N–H and O–H groups in total. The predicted octanol–water partition coefficient (Wildman–Crippen LogP) is 3.63. The van der Waals surface area contributed by atoms with Crippen molar-refractivity contribution in [3.63, 3.8) is 0 Å². The highest BCUT2D eigenvalue weighted by molar-refractivity contribution is 9.10. The van der Waals surface area contributed by atoms with Crippen molar-refractivity contribution >= 4 is 21.8 Å². The lowest BCUT2D eigenvalue weighted by Crippen LogP contribution is -2.39. The van der Waals surface area contributed by atoms with Gasteiger partial charge in [0, 0.05) is 16.1 Å². The van der Waals surface area contributed by atoms with E-state index < -0.39 is 18.0 Å². The van der Waals surface area contributed by atoms with Gasteiger partial charge >= 0.3 is 6.36 Å². The molecule has 3 nitrogen and oxygen atoms in total. The normalized spacial score (nSPS) is 15.8. The molecule has 0 aromatic heterocycles. The fourth-order valence-electron chi connectivity index (χ4n) is 1.71. The van der Waals surface area contributed by atoms with Gasteiger partial charge in [-0.15, -0.1) is 13.2 Å². The van der Waals surface area contributed by atoms with Crippen molar-refractivity contribution in [3.8, 4) is 5.75 Å². The molecule has 19 heavy (non-hydrogen) atoms. The Morgan fingerprint density at radius 2 is 2.00 bits per heavy atom. The van der Waals surface area contributed by atoms with Crippen molar-refractivity contribution in [1.29, 1.82) is 0 Å². The number of carbonyl (C=O) groups excluding carboxylic acids is 1. The molecule has 0 atom stereocenters. The fourth-order valence-corrected chi connectivity index (χ4v) is 2.18. The van der Waals surface area contributed by atoms with Crippen molar-refractivity contribution in [2.45, 2.75) is 31.7 Å². The Labute approximate surface area is 116 Å². The van der Waals surface area contributed by atoms with Crippen molar-refractivity contribution in [1.82, 2.24) is 5.32 Å². The number of alkyl halides is 3. The van der Waals surface area contributed by atoms with Crippen LogP contribution in [0.1, 0.15) is 29.6 Å². The second-order valence-electron chi connectivity index (χ2n) is 4.32. The third-order valence-corrected chi connectivity index (χ3v) is 3.27. The summed E-state index contributed by atoms with van der Waals surface area (Å²) in [7, 11) is 0. The van der Waals surface area contributed by atoms with Crippen LogP contribution in [0.25, 0.3) is 0 Å². The maximum Gasteiger partial charge on any atom is 0.573 e. The highest BCUT2D eigenvalue weighted by Gasteiger charge is 2.31. The van der Waals surface area contributed by atoms with Crippen LogP contribution in [-0.2, 0) is 0 Å². The smallest absolute Gasteiger partial charge is 0.406 e. The number of carbonyl (C=O) groups is 1. The Kier molecular flexibility index (Phi) is 4.03. The summed E-state index contributed by atoms with van der Waals surface area (Å²) in [5.74, 6) is -0.807. The molecule has 0 aliphatic heterocycles. The van der Waals surface area contributed by atoms with E-state index in [1.54, 1.807) is 0 Å². The summed E-state index contributed by atoms with van der Waals surface area (Å²) in [5, 5.41) is 2.75. The van der Waals surface area contributed by atoms with Crippen molar-refractivity contribution in [2.24, 2.45) is 0 Å². The van der Waals surface area contributed by atoms with Gasteiger partial charge in [-0.05, 0) is 37.5 Å². The molecule has 1 aliphatic carbocycles. The van der Waals surface area contributed by atoms with E-state index in [0.29, 0.717) is 4.47 Å². The minimum Gasteiger partial charge on any atom is -0.406 e. The van der Waals surface area contributed by atoms with Crippen molar-refractivity contribution < 1.29 is 22.7 Å². The highest BCUT2D eigenvalue weighted by Crippen LogP contribution is 2.27. The molecule has 1 aromatic rings. The second-order valence-corrected chi connectivity index (χ2v) is 5.24. The quantitative estimate of drug-likeness (QED) is 0.914. The molecule has 0 heterocycles. The van der Waals surface area contributed by atoms with Crippen LogP contribution in [0.3, 0.4) is 0 Å². The zero-order valence-corrected chi connectivity index (χ0v) is 11.3. The molecule has 0 spiro atoms. The summed E-state index contributed by atoms with van der Waals surface area (Å²) in [6, 6.07) is 3.82. The van der Waals surface area contributed by atoms with Gasteiger partial charge in [0.05, 0.1) is 0 Å². The topological polar surface area (TPSA) is 38.3 Å². The molecule has 0 unspecified atom stereocenters. The standard InChI is InChI=1S/C12H11BrF3NO2/c13-8-4-7(11(18)17-9-2-1-3-9)5-10(6-8)19-12(14,15)16/h4-6,9H,1-3H2,(H,17,18). The zero-order chi connectivity index (χ0) is 14.0. The molecule has 1 aliphatic rings. The Morgan fingerprint density at radius 1 is 1.32 bits per heavy atom. The summed E-state index contributed by atoms with van der Waals surface area (Å²) in [4.78, 5) is 11.8. The minimum absolute atomic E-state index is 0.124. The van der Waals surface area contributed by atoms with E-state index >= 15 is 0 Å². The average molecular weight is 338 g/mol. The van der Waals surface area contributed by atoms with E-state index in [9.17, 15) is 18.0 Å². The maximum atomic E-state index is 12.1. The Balaban J connectivity index is 2.13. The number of nitrogens with one attached hydrogen (secondary N) is 1. The number of ether oxygens (including phenoxy) is 1. The summed E-state index contributed by atoms with van der Waals surface area (Å²) >= 11 is 3.06. The number of hydrogen-bond donors (Lipinski definition) is 1.